The number of benzene rings is 2. The molecule has 0 bridgehead atoms. The van der Waals surface area contributed by atoms with Gasteiger partial charge in [-0.1, -0.05) is 75.8 Å². The highest BCUT2D eigenvalue weighted by Crippen LogP contribution is 2.28. The second-order valence-electron chi connectivity index (χ2n) is 9.23. The molecule has 1 aliphatic rings. The van der Waals surface area contributed by atoms with E-state index >= 15 is 0 Å². The molecule has 3 aromatic rings. The van der Waals surface area contributed by atoms with E-state index in [1.165, 1.54) is 69.8 Å². The number of anilines is 3. The summed E-state index contributed by atoms with van der Waals surface area (Å²) in [5.74, 6) is 6.28. The fourth-order valence-electron chi connectivity index (χ4n) is 4.80. The average molecular weight is 455 g/mol. The monoisotopic (exact) mass is 454 g/mol. The van der Waals surface area contributed by atoms with Crippen LogP contribution in [0.1, 0.15) is 70.3 Å². The smallest absolute Gasteiger partial charge is 0.300 e. The predicted octanol–water partition coefficient (Wildman–Crippen LogP) is 7.02. The number of carbonyl (C=O) groups excluding carboxylic acids is 1. The number of nitrogens with one attached hydrogen (secondary N) is 2. The summed E-state index contributed by atoms with van der Waals surface area (Å²) in [5, 5.41) is 7.06. The van der Waals surface area contributed by atoms with Crippen molar-refractivity contribution < 1.29 is 4.79 Å². The zero-order valence-electron chi connectivity index (χ0n) is 20.1. The summed E-state index contributed by atoms with van der Waals surface area (Å²) in [6, 6.07) is 14.3. The lowest BCUT2D eigenvalue weighted by Gasteiger charge is -2.19. The number of aromatic nitrogens is 2. The van der Waals surface area contributed by atoms with Gasteiger partial charge in [0.15, 0.2) is 0 Å². The van der Waals surface area contributed by atoms with E-state index in [2.05, 4.69) is 56.7 Å². The Labute approximate surface area is 202 Å². The molecule has 4 rings (SSSR count). The Morgan fingerprint density at radius 3 is 2.29 bits per heavy atom. The van der Waals surface area contributed by atoms with Crippen molar-refractivity contribution in [3.05, 3.63) is 54.4 Å². The summed E-state index contributed by atoms with van der Waals surface area (Å²) < 4.78 is 0. The van der Waals surface area contributed by atoms with Crippen molar-refractivity contribution in [3.63, 3.8) is 0 Å². The maximum absolute atomic E-state index is 11.8. The first-order chi connectivity index (χ1) is 16.7. The molecular weight excluding hydrogens is 420 g/mol. The summed E-state index contributed by atoms with van der Waals surface area (Å²) in [4.78, 5) is 20.6. The van der Waals surface area contributed by atoms with E-state index in [0.717, 1.165) is 22.5 Å². The van der Waals surface area contributed by atoms with Crippen molar-refractivity contribution in [2.24, 2.45) is 5.92 Å². The van der Waals surface area contributed by atoms with Gasteiger partial charge in [-0.3, -0.25) is 4.79 Å². The fraction of sp³-hybridized carbons (Fsp3) is 0.414. The lowest BCUT2D eigenvalue weighted by molar-refractivity contribution is -0.111. The van der Waals surface area contributed by atoms with Crippen LogP contribution in [0, 0.1) is 17.8 Å². The molecule has 0 unspecified atom stereocenters. The molecule has 0 radical (unpaired) electrons. The van der Waals surface area contributed by atoms with Gasteiger partial charge in [0, 0.05) is 16.8 Å². The van der Waals surface area contributed by atoms with Crippen LogP contribution in [0.3, 0.4) is 0 Å². The average Bonchev–Trinajstić information content (AvgIpc) is 2.85. The van der Waals surface area contributed by atoms with E-state index in [0.29, 0.717) is 11.5 Å². The normalized spacial score (nSPS) is 15.2. The zero-order valence-corrected chi connectivity index (χ0v) is 20.1. The van der Waals surface area contributed by atoms with Gasteiger partial charge >= 0.3 is 0 Å². The Kier molecular flexibility index (Phi) is 8.51. The summed E-state index contributed by atoms with van der Waals surface area (Å²) in [5.41, 5.74) is 3.87. The van der Waals surface area contributed by atoms with E-state index in [1.807, 2.05) is 18.2 Å². The van der Waals surface area contributed by atoms with E-state index < -0.39 is 0 Å². The third-order valence-corrected chi connectivity index (χ3v) is 6.60. The van der Waals surface area contributed by atoms with Crippen molar-refractivity contribution in [1.82, 2.24) is 9.97 Å². The SMILES string of the molecule is CC#CC(=O)Nc1ccc2ncnc(Nc3ccc(CC4CCCCCCCCC4)cc3)c2c1. The minimum absolute atomic E-state index is 0.334. The van der Waals surface area contributed by atoms with Crippen molar-refractivity contribution in [1.29, 1.82) is 0 Å². The molecule has 2 N–H and O–H groups in total. The standard InChI is InChI=1S/C29H34N4O/c1-2-10-28(34)32-25-17-18-27-26(20-25)29(31-21-30-27)33-24-15-13-23(14-16-24)19-22-11-8-6-4-3-5-7-9-12-22/h13-18,20-22H,3-9,11-12,19H2,1H3,(H,32,34)(H,30,31,33). The molecule has 176 valence electrons. The number of hydrogen-bond acceptors (Lipinski definition) is 4. The molecule has 1 saturated carbocycles. The molecule has 1 heterocycles. The summed E-state index contributed by atoms with van der Waals surface area (Å²) in [6.45, 7) is 1.64. The highest BCUT2D eigenvalue weighted by molar-refractivity contribution is 6.05. The minimum atomic E-state index is -0.334. The van der Waals surface area contributed by atoms with Crippen LogP contribution in [-0.2, 0) is 11.2 Å². The van der Waals surface area contributed by atoms with Crippen molar-refractivity contribution in [3.8, 4) is 11.8 Å². The Bertz CT molecular complexity index is 1150. The van der Waals surface area contributed by atoms with Crippen molar-refractivity contribution in [2.75, 3.05) is 10.6 Å². The number of fused-ring (bicyclic) bond motifs is 1. The van der Waals surface area contributed by atoms with Gasteiger partial charge in [0.05, 0.1) is 5.52 Å². The van der Waals surface area contributed by atoms with Crippen LogP contribution < -0.4 is 10.6 Å². The van der Waals surface area contributed by atoms with Crippen LogP contribution in [0.2, 0.25) is 0 Å². The van der Waals surface area contributed by atoms with Gasteiger partial charge < -0.3 is 10.6 Å². The third-order valence-electron chi connectivity index (χ3n) is 6.60. The Morgan fingerprint density at radius 2 is 1.59 bits per heavy atom. The van der Waals surface area contributed by atoms with E-state index in [1.54, 1.807) is 13.3 Å². The quantitative estimate of drug-likeness (QED) is 0.407. The molecule has 0 aliphatic heterocycles. The minimum Gasteiger partial charge on any atom is -0.340 e. The lowest BCUT2D eigenvalue weighted by atomic mass is 9.87. The van der Waals surface area contributed by atoms with Gasteiger partial charge in [0.25, 0.3) is 5.91 Å². The molecule has 1 fully saturated rings. The molecule has 0 spiro atoms. The number of carbonyl (C=O) groups is 1. The Hall–Kier alpha value is -3.39. The van der Waals surface area contributed by atoms with E-state index in [9.17, 15) is 4.79 Å². The first-order valence-electron chi connectivity index (χ1n) is 12.6. The molecule has 5 nitrogen and oxygen atoms in total. The highest BCUT2D eigenvalue weighted by Gasteiger charge is 2.12. The second kappa shape index (κ2) is 12.2. The van der Waals surface area contributed by atoms with Crippen LogP contribution in [0.25, 0.3) is 10.9 Å². The molecule has 1 aromatic heterocycles. The molecule has 2 aromatic carbocycles. The topological polar surface area (TPSA) is 66.9 Å². The van der Waals surface area contributed by atoms with Crippen LogP contribution in [0.5, 0.6) is 0 Å². The van der Waals surface area contributed by atoms with Gasteiger partial charge in [0.2, 0.25) is 0 Å². The number of nitrogens with zero attached hydrogens (tertiary/aromatic N) is 2. The van der Waals surface area contributed by atoms with E-state index in [-0.39, 0.29) is 5.91 Å². The third kappa shape index (κ3) is 6.81. The van der Waals surface area contributed by atoms with Gasteiger partial charge in [0.1, 0.15) is 12.1 Å². The van der Waals surface area contributed by atoms with Gasteiger partial charge in [-0.15, -0.1) is 0 Å². The maximum atomic E-state index is 11.8. The van der Waals surface area contributed by atoms with Gasteiger partial charge in [-0.05, 0) is 61.1 Å². The predicted molar refractivity (Wildman–Crippen MR) is 140 cm³/mol. The summed E-state index contributed by atoms with van der Waals surface area (Å²) >= 11 is 0. The first-order valence-corrected chi connectivity index (χ1v) is 12.6. The molecule has 0 atom stereocenters. The van der Waals surface area contributed by atoms with Crippen molar-refractivity contribution in [2.45, 2.75) is 71.1 Å². The summed E-state index contributed by atoms with van der Waals surface area (Å²) in [6.07, 6.45) is 15.2. The number of amides is 1. The van der Waals surface area contributed by atoms with Crippen LogP contribution in [-0.4, -0.2) is 15.9 Å². The van der Waals surface area contributed by atoms with Crippen LogP contribution in [0.15, 0.2) is 48.8 Å². The summed E-state index contributed by atoms with van der Waals surface area (Å²) in [7, 11) is 0. The molecule has 1 amide bonds. The largest absolute Gasteiger partial charge is 0.340 e. The highest BCUT2D eigenvalue weighted by atomic mass is 16.1. The Morgan fingerprint density at radius 1 is 0.912 bits per heavy atom. The fourth-order valence-corrected chi connectivity index (χ4v) is 4.80. The molecule has 34 heavy (non-hydrogen) atoms. The van der Waals surface area contributed by atoms with Crippen LogP contribution in [0.4, 0.5) is 17.2 Å². The van der Waals surface area contributed by atoms with Crippen LogP contribution >= 0.6 is 0 Å². The second-order valence-corrected chi connectivity index (χ2v) is 9.23. The number of hydrogen-bond donors (Lipinski definition) is 2. The van der Waals surface area contributed by atoms with Gasteiger partial charge in [-0.2, -0.15) is 0 Å². The molecular formula is C29H34N4O. The van der Waals surface area contributed by atoms with Crippen molar-refractivity contribution >= 4 is 34.0 Å². The zero-order chi connectivity index (χ0) is 23.6. The van der Waals surface area contributed by atoms with Gasteiger partial charge in [-0.25, -0.2) is 9.97 Å². The molecule has 0 saturated heterocycles. The Balaban J connectivity index is 1.44. The van der Waals surface area contributed by atoms with E-state index in [4.69, 9.17) is 0 Å². The lowest BCUT2D eigenvalue weighted by Crippen LogP contribution is -2.08. The molecule has 1 aliphatic carbocycles. The molecule has 5 heteroatoms. The first kappa shape index (κ1) is 23.8. The number of rotatable bonds is 5. The maximum Gasteiger partial charge on any atom is 0.300 e.